The molecule has 0 spiro atoms. The minimum absolute atomic E-state index is 0.563. The number of hydrogen-bond acceptors (Lipinski definition) is 2. The van der Waals surface area contributed by atoms with Crippen LogP contribution in [0.4, 0.5) is 18.9 Å². The van der Waals surface area contributed by atoms with Gasteiger partial charge in [0.2, 0.25) is 0 Å². The van der Waals surface area contributed by atoms with E-state index in [9.17, 15) is 13.2 Å². The number of nitrogens with one attached hydrogen (secondary N) is 1. The molecule has 0 fully saturated rings. The Kier molecular flexibility index (Phi) is 4.43. The van der Waals surface area contributed by atoms with Crippen LogP contribution in [0.2, 0.25) is 0 Å². The number of aliphatic hydroxyl groups excluding tert-OH is 1. The predicted octanol–water partition coefficient (Wildman–Crippen LogP) is 3.40. The smallest absolute Gasteiger partial charge is 0.382 e. The molecule has 0 aliphatic heterocycles. The maximum atomic E-state index is 12.1. The van der Waals surface area contributed by atoms with Crippen LogP contribution >= 0.6 is 15.9 Å². The zero-order valence-corrected chi connectivity index (χ0v) is 11.0. The standard InChI is InChI=1S/C11H13BrF3NO/c1-6-3-7(2)10(8(12)4-6)16-5-9(17)11(13,14)15/h3-4,9,16-17H,5H2,1-2H3. The van der Waals surface area contributed by atoms with Gasteiger partial charge in [-0.15, -0.1) is 0 Å². The van der Waals surface area contributed by atoms with Crippen molar-refractivity contribution >= 4 is 21.6 Å². The fourth-order valence-corrected chi connectivity index (χ4v) is 2.27. The molecule has 2 N–H and O–H groups in total. The van der Waals surface area contributed by atoms with Crippen molar-refractivity contribution in [2.24, 2.45) is 0 Å². The molecule has 6 heteroatoms. The van der Waals surface area contributed by atoms with E-state index in [4.69, 9.17) is 5.11 Å². The maximum absolute atomic E-state index is 12.1. The molecule has 96 valence electrons. The summed E-state index contributed by atoms with van der Waals surface area (Å²) in [6.07, 6.45) is -6.96. The average molecular weight is 312 g/mol. The Labute approximate surface area is 106 Å². The first-order valence-electron chi connectivity index (χ1n) is 4.97. The Balaban J connectivity index is 2.77. The van der Waals surface area contributed by atoms with Crippen molar-refractivity contribution in [1.82, 2.24) is 0 Å². The fraction of sp³-hybridized carbons (Fsp3) is 0.455. The largest absolute Gasteiger partial charge is 0.416 e. The summed E-state index contributed by atoms with van der Waals surface area (Å²) >= 11 is 3.27. The number of aliphatic hydroxyl groups is 1. The highest BCUT2D eigenvalue weighted by Crippen LogP contribution is 2.28. The normalized spacial score (nSPS) is 13.6. The third-order valence-corrected chi connectivity index (χ3v) is 2.91. The first-order chi connectivity index (χ1) is 7.71. The van der Waals surface area contributed by atoms with E-state index in [0.717, 1.165) is 11.1 Å². The van der Waals surface area contributed by atoms with Gasteiger partial charge in [0, 0.05) is 11.0 Å². The van der Waals surface area contributed by atoms with Gasteiger partial charge >= 0.3 is 6.18 Å². The van der Waals surface area contributed by atoms with Crippen molar-refractivity contribution in [1.29, 1.82) is 0 Å². The Hall–Kier alpha value is -0.750. The lowest BCUT2D eigenvalue weighted by Gasteiger charge is -2.18. The van der Waals surface area contributed by atoms with Crippen LogP contribution in [-0.4, -0.2) is 23.9 Å². The number of rotatable bonds is 3. The summed E-state index contributed by atoms with van der Waals surface area (Å²) in [7, 11) is 0. The molecule has 1 atom stereocenters. The number of anilines is 1. The van der Waals surface area contributed by atoms with Crippen molar-refractivity contribution in [3.63, 3.8) is 0 Å². The van der Waals surface area contributed by atoms with E-state index >= 15 is 0 Å². The highest BCUT2D eigenvalue weighted by molar-refractivity contribution is 9.10. The van der Waals surface area contributed by atoms with Gasteiger partial charge in [0.05, 0.1) is 5.69 Å². The van der Waals surface area contributed by atoms with Crippen molar-refractivity contribution in [3.8, 4) is 0 Å². The van der Waals surface area contributed by atoms with Gasteiger partial charge in [-0.2, -0.15) is 13.2 Å². The summed E-state index contributed by atoms with van der Waals surface area (Å²) in [6, 6.07) is 3.66. The van der Waals surface area contributed by atoms with Crippen LogP contribution < -0.4 is 5.32 Å². The molecule has 0 saturated carbocycles. The van der Waals surface area contributed by atoms with Crippen LogP contribution in [0, 0.1) is 13.8 Å². The highest BCUT2D eigenvalue weighted by atomic mass is 79.9. The average Bonchev–Trinajstić information content (AvgIpc) is 2.13. The molecule has 1 aromatic carbocycles. The third kappa shape index (κ3) is 3.89. The Morgan fingerprint density at radius 1 is 1.35 bits per heavy atom. The third-order valence-electron chi connectivity index (χ3n) is 2.28. The van der Waals surface area contributed by atoms with E-state index in [1.807, 2.05) is 13.0 Å². The lowest BCUT2D eigenvalue weighted by molar-refractivity contribution is -0.198. The molecule has 2 nitrogen and oxygen atoms in total. The molecule has 0 bridgehead atoms. The molecule has 0 aliphatic rings. The molecule has 0 saturated heterocycles. The van der Waals surface area contributed by atoms with E-state index in [1.165, 1.54) is 0 Å². The zero-order valence-electron chi connectivity index (χ0n) is 9.40. The highest BCUT2D eigenvalue weighted by Gasteiger charge is 2.37. The molecular formula is C11H13BrF3NO. The first-order valence-corrected chi connectivity index (χ1v) is 5.76. The van der Waals surface area contributed by atoms with Crippen molar-refractivity contribution < 1.29 is 18.3 Å². The molecular weight excluding hydrogens is 299 g/mol. The predicted molar refractivity (Wildman–Crippen MR) is 64.2 cm³/mol. The fourth-order valence-electron chi connectivity index (χ4n) is 1.45. The number of halogens is 4. The molecule has 0 aromatic heterocycles. The Morgan fingerprint density at radius 3 is 2.41 bits per heavy atom. The second kappa shape index (κ2) is 5.27. The van der Waals surface area contributed by atoms with E-state index < -0.39 is 18.8 Å². The Morgan fingerprint density at radius 2 is 1.94 bits per heavy atom. The SMILES string of the molecule is Cc1cc(C)c(NCC(O)C(F)(F)F)c(Br)c1. The minimum Gasteiger partial charge on any atom is -0.382 e. The van der Waals surface area contributed by atoms with Crippen molar-refractivity contribution in [2.45, 2.75) is 26.1 Å². The summed E-state index contributed by atoms with van der Waals surface area (Å²) in [6.45, 7) is 3.12. The van der Waals surface area contributed by atoms with Crippen LogP contribution in [-0.2, 0) is 0 Å². The summed E-state index contributed by atoms with van der Waals surface area (Å²) in [5.74, 6) is 0. The number of benzene rings is 1. The van der Waals surface area contributed by atoms with Crippen molar-refractivity contribution in [3.05, 3.63) is 27.7 Å². The number of hydrogen-bond donors (Lipinski definition) is 2. The summed E-state index contributed by atoms with van der Waals surface area (Å²) in [5.41, 5.74) is 2.40. The van der Waals surface area contributed by atoms with Crippen LogP contribution in [0.15, 0.2) is 16.6 Å². The van der Waals surface area contributed by atoms with Crippen LogP contribution in [0.25, 0.3) is 0 Å². The van der Waals surface area contributed by atoms with Gasteiger partial charge in [0.15, 0.2) is 6.10 Å². The van der Waals surface area contributed by atoms with Crippen LogP contribution in [0.5, 0.6) is 0 Å². The number of alkyl halides is 3. The summed E-state index contributed by atoms with van der Waals surface area (Å²) in [4.78, 5) is 0. The quantitative estimate of drug-likeness (QED) is 0.896. The molecule has 17 heavy (non-hydrogen) atoms. The van der Waals surface area contributed by atoms with Gasteiger partial charge in [0.25, 0.3) is 0 Å². The van der Waals surface area contributed by atoms with Crippen molar-refractivity contribution in [2.75, 3.05) is 11.9 Å². The molecule has 0 heterocycles. The molecule has 1 unspecified atom stereocenters. The van der Waals surface area contributed by atoms with Gasteiger partial charge in [-0.25, -0.2) is 0 Å². The second-order valence-corrected chi connectivity index (χ2v) is 4.73. The van der Waals surface area contributed by atoms with Gasteiger partial charge in [-0.3, -0.25) is 0 Å². The zero-order chi connectivity index (χ0) is 13.2. The monoisotopic (exact) mass is 311 g/mol. The molecule has 1 rings (SSSR count). The molecule has 0 amide bonds. The lowest BCUT2D eigenvalue weighted by Crippen LogP contribution is -2.35. The van der Waals surface area contributed by atoms with Gasteiger partial charge in [-0.1, -0.05) is 6.07 Å². The first kappa shape index (κ1) is 14.3. The molecule has 0 radical (unpaired) electrons. The summed E-state index contributed by atoms with van der Waals surface area (Å²) < 4.78 is 37.0. The van der Waals surface area contributed by atoms with E-state index in [0.29, 0.717) is 10.2 Å². The second-order valence-electron chi connectivity index (χ2n) is 3.88. The van der Waals surface area contributed by atoms with E-state index in [2.05, 4.69) is 21.2 Å². The van der Waals surface area contributed by atoms with E-state index in [1.54, 1.807) is 13.0 Å². The van der Waals surface area contributed by atoms with Crippen LogP contribution in [0.1, 0.15) is 11.1 Å². The number of aryl methyl sites for hydroxylation is 2. The molecule has 1 aromatic rings. The van der Waals surface area contributed by atoms with Crippen LogP contribution in [0.3, 0.4) is 0 Å². The van der Waals surface area contributed by atoms with Gasteiger partial charge < -0.3 is 10.4 Å². The van der Waals surface area contributed by atoms with Gasteiger partial charge in [-0.05, 0) is 47.0 Å². The topological polar surface area (TPSA) is 32.3 Å². The van der Waals surface area contributed by atoms with E-state index in [-0.39, 0.29) is 0 Å². The summed E-state index contributed by atoms with van der Waals surface area (Å²) in [5, 5.41) is 11.5. The minimum atomic E-state index is -4.60. The maximum Gasteiger partial charge on any atom is 0.416 e. The Bertz CT molecular complexity index is 383. The lowest BCUT2D eigenvalue weighted by atomic mass is 10.1. The van der Waals surface area contributed by atoms with Gasteiger partial charge in [0.1, 0.15) is 0 Å². The molecule has 0 aliphatic carbocycles.